The first-order chi connectivity index (χ1) is 14.7. The topological polar surface area (TPSA) is 37.3 Å². The van der Waals surface area contributed by atoms with Crippen LogP contribution in [-0.4, -0.2) is 11.1 Å². The number of aliphatic carboxylic acids is 1. The third-order valence-electron chi connectivity index (χ3n) is 5.09. The lowest BCUT2D eigenvalue weighted by Crippen LogP contribution is -2.25. The quantitative estimate of drug-likeness (QED) is 0.283. The van der Waals surface area contributed by atoms with Crippen molar-refractivity contribution in [3.05, 3.63) is 138 Å². The Hall–Kier alpha value is -3.30. The first-order valence-electron chi connectivity index (χ1n) is 9.85. The molecule has 2 nitrogen and oxygen atoms in total. The molecule has 0 aliphatic rings. The van der Waals surface area contributed by atoms with Crippen LogP contribution in [-0.2, 0) is 16.0 Å². The van der Waals surface area contributed by atoms with Gasteiger partial charge in [-0.25, -0.2) is 0 Å². The molecule has 4 aromatic rings. The standard InChI is InChI=1S/C27H22O2S/c28-26(29)20-21-16-18-25(19-17-21)30-27(22-10-4-1-5-11-22,23-12-6-2-7-13-23)24-14-8-3-9-15-24/h1-19H,20H2,(H,28,29). The molecule has 3 heteroatoms. The maximum absolute atomic E-state index is 11.0. The van der Waals surface area contributed by atoms with Crippen molar-refractivity contribution in [3.63, 3.8) is 0 Å². The van der Waals surface area contributed by atoms with Crippen LogP contribution >= 0.6 is 11.8 Å². The Morgan fingerprint density at radius 1 is 0.633 bits per heavy atom. The van der Waals surface area contributed by atoms with E-state index >= 15 is 0 Å². The van der Waals surface area contributed by atoms with Gasteiger partial charge in [0.25, 0.3) is 0 Å². The van der Waals surface area contributed by atoms with Gasteiger partial charge in [0.05, 0.1) is 11.2 Å². The molecule has 0 radical (unpaired) electrons. The summed E-state index contributed by atoms with van der Waals surface area (Å²) in [5, 5.41) is 9.06. The number of carbonyl (C=O) groups is 1. The van der Waals surface area contributed by atoms with E-state index in [0.29, 0.717) is 0 Å². The molecule has 0 heterocycles. The molecule has 1 N–H and O–H groups in total. The van der Waals surface area contributed by atoms with Crippen molar-refractivity contribution in [2.75, 3.05) is 0 Å². The molecule has 0 unspecified atom stereocenters. The minimum atomic E-state index is -0.817. The molecule has 0 aromatic heterocycles. The number of thioether (sulfide) groups is 1. The largest absolute Gasteiger partial charge is 0.481 e. The van der Waals surface area contributed by atoms with Crippen LogP contribution in [0.1, 0.15) is 22.3 Å². The van der Waals surface area contributed by atoms with Gasteiger partial charge >= 0.3 is 5.97 Å². The Labute approximate surface area is 181 Å². The Balaban J connectivity index is 1.88. The summed E-state index contributed by atoms with van der Waals surface area (Å²) in [5.74, 6) is -0.817. The molecule has 0 fully saturated rings. The lowest BCUT2D eigenvalue weighted by molar-refractivity contribution is -0.136. The summed E-state index contributed by atoms with van der Waals surface area (Å²) in [6.45, 7) is 0. The monoisotopic (exact) mass is 410 g/mol. The van der Waals surface area contributed by atoms with Crippen LogP contribution in [0.5, 0.6) is 0 Å². The van der Waals surface area contributed by atoms with Crippen molar-refractivity contribution < 1.29 is 9.90 Å². The predicted octanol–water partition coefficient (Wildman–Crippen LogP) is 6.40. The molecule has 4 aromatic carbocycles. The Kier molecular flexibility index (Phi) is 6.01. The Morgan fingerprint density at radius 2 is 1.03 bits per heavy atom. The van der Waals surface area contributed by atoms with E-state index in [1.165, 1.54) is 16.7 Å². The fourth-order valence-electron chi connectivity index (χ4n) is 3.72. The van der Waals surface area contributed by atoms with Gasteiger partial charge in [-0.15, -0.1) is 11.8 Å². The number of benzene rings is 4. The summed E-state index contributed by atoms with van der Waals surface area (Å²) in [6, 6.07) is 39.5. The van der Waals surface area contributed by atoms with Gasteiger partial charge in [-0.2, -0.15) is 0 Å². The maximum atomic E-state index is 11.0. The summed E-state index contributed by atoms with van der Waals surface area (Å²) in [5.41, 5.74) is 4.39. The van der Waals surface area contributed by atoms with E-state index in [4.69, 9.17) is 5.11 Å². The van der Waals surface area contributed by atoms with E-state index in [9.17, 15) is 4.79 Å². The normalized spacial score (nSPS) is 11.2. The van der Waals surface area contributed by atoms with Crippen molar-refractivity contribution in [2.24, 2.45) is 0 Å². The summed E-state index contributed by atoms with van der Waals surface area (Å²) < 4.78 is -0.432. The Bertz CT molecular complexity index is 995. The van der Waals surface area contributed by atoms with E-state index < -0.39 is 10.7 Å². The van der Waals surface area contributed by atoms with Crippen LogP contribution < -0.4 is 0 Å². The molecule has 0 spiro atoms. The zero-order valence-corrected chi connectivity index (χ0v) is 17.3. The van der Waals surface area contributed by atoms with Gasteiger partial charge < -0.3 is 5.11 Å². The van der Waals surface area contributed by atoms with E-state index in [0.717, 1.165) is 10.5 Å². The van der Waals surface area contributed by atoms with Crippen LogP contribution in [0.2, 0.25) is 0 Å². The van der Waals surface area contributed by atoms with Gasteiger partial charge in [0.2, 0.25) is 0 Å². The highest BCUT2D eigenvalue weighted by Crippen LogP contribution is 2.51. The van der Waals surface area contributed by atoms with Crippen LogP contribution in [0.25, 0.3) is 0 Å². The fraction of sp³-hybridized carbons (Fsp3) is 0.0741. The third-order valence-corrected chi connectivity index (χ3v) is 6.61. The Morgan fingerprint density at radius 3 is 1.40 bits per heavy atom. The number of hydrogen-bond acceptors (Lipinski definition) is 2. The van der Waals surface area contributed by atoms with Gasteiger partial charge in [-0.05, 0) is 34.4 Å². The van der Waals surface area contributed by atoms with Gasteiger partial charge in [0.15, 0.2) is 0 Å². The number of hydrogen-bond donors (Lipinski definition) is 1. The molecule has 148 valence electrons. The second-order valence-electron chi connectivity index (χ2n) is 7.10. The molecule has 0 saturated heterocycles. The zero-order valence-electron chi connectivity index (χ0n) is 16.4. The minimum Gasteiger partial charge on any atom is -0.481 e. The minimum absolute atomic E-state index is 0.0339. The zero-order chi connectivity index (χ0) is 20.8. The molecule has 4 rings (SSSR count). The molecular formula is C27H22O2S. The lowest BCUT2D eigenvalue weighted by atomic mass is 9.84. The molecule has 0 saturated carbocycles. The van der Waals surface area contributed by atoms with Crippen molar-refractivity contribution in [1.82, 2.24) is 0 Å². The van der Waals surface area contributed by atoms with Crippen LogP contribution in [0.4, 0.5) is 0 Å². The van der Waals surface area contributed by atoms with Gasteiger partial charge in [-0.3, -0.25) is 4.79 Å². The van der Waals surface area contributed by atoms with E-state index in [2.05, 4.69) is 72.8 Å². The predicted molar refractivity (Wildman–Crippen MR) is 123 cm³/mol. The van der Waals surface area contributed by atoms with Crippen LogP contribution in [0, 0.1) is 0 Å². The second-order valence-corrected chi connectivity index (χ2v) is 8.38. The van der Waals surface area contributed by atoms with E-state index in [1.54, 1.807) is 11.8 Å². The average molecular weight is 411 g/mol. The first kappa shape index (κ1) is 20.0. The van der Waals surface area contributed by atoms with Crippen molar-refractivity contribution in [3.8, 4) is 0 Å². The molecule has 0 bridgehead atoms. The second kappa shape index (κ2) is 9.02. The number of carboxylic acids is 1. The van der Waals surface area contributed by atoms with Gasteiger partial charge in [0, 0.05) is 4.90 Å². The molecule has 0 aliphatic heterocycles. The van der Waals surface area contributed by atoms with E-state index in [1.807, 2.05) is 42.5 Å². The van der Waals surface area contributed by atoms with Gasteiger partial charge in [-0.1, -0.05) is 103 Å². The number of carboxylic acid groups (broad SMARTS) is 1. The molecular weight excluding hydrogens is 388 g/mol. The highest BCUT2D eigenvalue weighted by molar-refractivity contribution is 8.00. The van der Waals surface area contributed by atoms with E-state index in [-0.39, 0.29) is 6.42 Å². The SMILES string of the molecule is O=C(O)Cc1ccc(SC(c2ccccc2)(c2ccccc2)c2ccccc2)cc1. The van der Waals surface area contributed by atoms with Crippen molar-refractivity contribution in [1.29, 1.82) is 0 Å². The van der Waals surface area contributed by atoms with Crippen molar-refractivity contribution >= 4 is 17.7 Å². The first-order valence-corrected chi connectivity index (χ1v) is 10.7. The molecule has 0 aliphatic carbocycles. The summed E-state index contributed by atoms with van der Waals surface area (Å²) >= 11 is 1.78. The van der Waals surface area contributed by atoms with Crippen molar-refractivity contribution in [2.45, 2.75) is 16.1 Å². The van der Waals surface area contributed by atoms with Crippen LogP contribution in [0.15, 0.2) is 120 Å². The third kappa shape index (κ3) is 4.17. The molecule has 0 amide bonds. The molecule has 30 heavy (non-hydrogen) atoms. The highest BCUT2D eigenvalue weighted by atomic mass is 32.2. The number of rotatable bonds is 7. The summed E-state index contributed by atoms with van der Waals surface area (Å²) in [7, 11) is 0. The lowest BCUT2D eigenvalue weighted by Gasteiger charge is -2.35. The molecule has 0 atom stereocenters. The summed E-state index contributed by atoms with van der Waals surface area (Å²) in [4.78, 5) is 12.1. The highest BCUT2D eigenvalue weighted by Gasteiger charge is 2.37. The summed E-state index contributed by atoms with van der Waals surface area (Å²) in [6.07, 6.45) is 0.0339. The van der Waals surface area contributed by atoms with Crippen LogP contribution in [0.3, 0.4) is 0 Å². The maximum Gasteiger partial charge on any atom is 0.307 e. The smallest absolute Gasteiger partial charge is 0.307 e. The van der Waals surface area contributed by atoms with Gasteiger partial charge in [0.1, 0.15) is 0 Å². The fourth-order valence-corrected chi connectivity index (χ4v) is 5.11. The average Bonchev–Trinajstić information content (AvgIpc) is 2.80.